The van der Waals surface area contributed by atoms with E-state index < -0.39 is 0 Å². The molecule has 0 spiro atoms. The topological polar surface area (TPSA) is 33.1 Å². The Labute approximate surface area is 111 Å². The first-order valence-corrected chi connectivity index (χ1v) is 6.30. The monoisotopic (exact) mass is 255 g/mol. The minimum Gasteiger partial charge on any atom is -0.489 e. The first-order valence-electron chi connectivity index (χ1n) is 6.30. The van der Waals surface area contributed by atoms with Crippen molar-refractivity contribution >= 4 is 5.71 Å². The first-order chi connectivity index (χ1) is 9.22. The van der Waals surface area contributed by atoms with Crippen LogP contribution < -0.4 is 4.74 Å². The largest absolute Gasteiger partial charge is 0.489 e. The highest BCUT2D eigenvalue weighted by Crippen LogP contribution is 2.26. The van der Waals surface area contributed by atoms with Gasteiger partial charge in [0.1, 0.15) is 18.2 Å². The molecule has 2 aromatic rings. The average molecular weight is 255 g/mol. The summed E-state index contributed by atoms with van der Waals surface area (Å²) in [5, 5.41) is 7.85. The van der Waals surface area contributed by atoms with Gasteiger partial charge in [-0.2, -0.15) is 0 Å². The second-order valence-corrected chi connectivity index (χ2v) is 4.72. The molecule has 0 saturated heterocycles. The Morgan fingerprint density at radius 1 is 1.11 bits per heavy atom. The summed E-state index contributed by atoms with van der Waals surface area (Å²) in [5.74, 6) is 0.478. The van der Waals surface area contributed by atoms with Crippen LogP contribution in [0.25, 0.3) is 0 Å². The van der Waals surface area contributed by atoms with Crippen LogP contribution in [0, 0.1) is 11.2 Å². The highest BCUT2D eigenvalue weighted by atomic mass is 19.1. The summed E-state index contributed by atoms with van der Waals surface area (Å²) in [5.41, 5.74) is 3.67. The van der Waals surface area contributed by atoms with Gasteiger partial charge in [-0.05, 0) is 48.2 Å². The van der Waals surface area contributed by atoms with Crippen molar-refractivity contribution in [2.45, 2.75) is 19.4 Å². The highest BCUT2D eigenvalue weighted by molar-refractivity contribution is 6.02. The van der Waals surface area contributed by atoms with E-state index in [4.69, 9.17) is 10.1 Å². The molecule has 0 amide bonds. The van der Waals surface area contributed by atoms with Gasteiger partial charge in [-0.1, -0.05) is 18.2 Å². The summed E-state index contributed by atoms with van der Waals surface area (Å²) in [6, 6.07) is 12.2. The molecule has 0 aromatic heterocycles. The lowest BCUT2D eigenvalue weighted by Gasteiger charge is -2.08. The molecule has 19 heavy (non-hydrogen) atoms. The maximum atomic E-state index is 13.0. The van der Waals surface area contributed by atoms with Gasteiger partial charge >= 0.3 is 0 Å². The van der Waals surface area contributed by atoms with E-state index in [0.29, 0.717) is 12.3 Å². The molecular weight excluding hydrogens is 241 g/mol. The van der Waals surface area contributed by atoms with Gasteiger partial charge in [0.2, 0.25) is 0 Å². The molecule has 1 aliphatic carbocycles. The van der Waals surface area contributed by atoms with E-state index >= 15 is 0 Å². The molecule has 3 rings (SSSR count). The quantitative estimate of drug-likeness (QED) is 0.890. The van der Waals surface area contributed by atoms with Crippen molar-refractivity contribution in [1.82, 2.24) is 0 Å². The van der Waals surface area contributed by atoms with Crippen LogP contribution in [-0.4, -0.2) is 5.71 Å². The third-order valence-electron chi connectivity index (χ3n) is 3.35. The van der Waals surface area contributed by atoms with Gasteiger partial charge in [0.15, 0.2) is 0 Å². The van der Waals surface area contributed by atoms with Gasteiger partial charge in [-0.15, -0.1) is 0 Å². The molecule has 0 heterocycles. The van der Waals surface area contributed by atoms with Crippen LogP contribution >= 0.6 is 0 Å². The van der Waals surface area contributed by atoms with E-state index in [0.717, 1.165) is 29.7 Å². The molecule has 0 aliphatic heterocycles. The fourth-order valence-electron chi connectivity index (χ4n) is 2.33. The fourth-order valence-corrected chi connectivity index (χ4v) is 2.33. The molecule has 96 valence electrons. The third kappa shape index (κ3) is 2.50. The zero-order valence-corrected chi connectivity index (χ0v) is 10.4. The number of halogens is 1. The minimum absolute atomic E-state index is 0.253. The Morgan fingerprint density at radius 2 is 2.00 bits per heavy atom. The second kappa shape index (κ2) is 4.84. The van der Waals surface area contributed by atoms with Crippen LogP contribution in [0.2, 0.25) is 0 Å². The lowest BCUT2D eigenvalue weighted by molar-refractivity contribution is 0.305. The Bertz CT molecular complexity index is 636. The van der Waals surface area contributed by atoms with Crippen molar-refractivity contribution < 1.29 is 9.13 Å². The van der Waals surface area contributed by atoms with Crippen molar-refractivity contribution in [1.29, 1.82) is 5.41 Å². The molecule has 0 atom stereocenters. The predicted molar refractivity (Wildman–Crippen MR) is 72.3 cm³/mol. The van der Waals surface area contributed by atoms with Crippen molar-refractivity contribution in [2.75, 3.05) is 0 Å². The number of fused-ring (bicyclic) bond motifs is 1. The van der Waals surface area contributed by atoms with Gasteiger partial charge in [0.25, 0.3) is 0 Å². The molecule has 0 saturated carbocycles. The summed E-state index contributed by atoms with van der Waals surface area (Å²) in [6.45, 7) is 0.337. The number of aryl methyl sites for hydroxylation is 1. The van der Waals surface area contributed by atoms with Crippen LogP contribution in [0.4, 0.5) is 4.39 Å². The third-order valence-corrected chi connectivity index (χ3v) is 3.35. The van der Waals surface area contributed by atoms with Gasteiger partial charge in [0, 0.05) is 11.3 Å². The van der Waals surface area contributed by atoms with Gasteiger partial charge in [0.05, 0.1) is 0 Å². The molecule has 1 aliphatic rings. The van der Waals surface area contributed by atoms with Crippen molar-refractivity contribution in [3.63, 3.8) is 0 Å². The zero-order chi connectivity index (χ0) is 13.2. The van der Waals surface area contributed by atoms with Crippen LogP contribution in [-0.2, 0) is 13.0 Å². The first kappa shape index (κ1) is 11.9. The van der Waals surface area contributed by atoms with Crippen molar-refractivity contribution in [2.24, 2.45) is 0 Å². The Balaban J connectivity index is 1.74. The SMILES string of the molecule is N=C1CCc2ccc(OCc3cccc(F)c3)cc21. The molecule has 0 fully saturated rings. The number of hydrogen-bond acceptors (Lipinski definition) is 2. The number of hydrogen-bond donors (Lipinski definition) is 1. The Hall–Kier alpha value is -2.16. The number of nitrogens with one attached hydrogen (secondary N) is 1. The molecule has 0 bridgehead atoms. The molecule has 0 radical (unpaired) electrons. The van der Waals surface area contributed by atoms with Crippen LogP contribution in [0.15, 0.2) is 42.5 Å². The number of rotatable bonds is 3. The van der Waals surface area contributed by atoms with Gasteiger partial charge < -0.3 is 10.1 Å². The van der Waals surface area contributed by atoms with Crippen molar-refractivity contribution in [3.05, 3.63) is 65.0 Å². The van der Waals surface area contributed by atoms with E-state index in [1.165, 1.54) is 17.7 Å². The van der Waals surface area contributed by atoms with Crippen molar-refractivity contribution in [3.8, 4) is 5.75 Å². The maximum Gasteiger partial charge on any atom is 0.123 e. The second-order valence-electron chi connectivity index (χ2n) is 4.72. The Morgan fingerprint density at radius 3 is 2.84 bits per heavy atom. The molecule has 0 unspecified atom stereocenters. The smallest absolute Gasteiger partial charge is 0.123 e. The van der Waals surface area contributed by atoms with Crippen LogP contribution in [0.3, 0.4) is 0 Å². The van der Waals surface area contributed by atoms with Crippen LogP contribution in [0.5, 0.6) is 5.75 Å². The van der Waals surface area contributed by atoms with E-state index in [1.807, 2.05) is 24.3 Å². The number of benzene rings is 2. The standard InChI is InChI=1S/C16H14FNO/c17-13-3-1-2-11(8-13)10-19-14-6-4-12-5-7-16(18)15(12)9-14/h1-4,6,8-9,18H,5,7,10H2. The summed E-state index contributed by atoms with van der Waals surface area (Å²) >= 11 is 0. The predicted octanol–water partition coefficient (Wildman–Crippen LogP) is 3.72. The normalized spacial score (nSPS) is 13.4. The summed E-state index contributed by atoms with van der Waals surface area (Å²) in [4.78, 5) is 0. The lowest BCUT2D eigenvalue weighted by atomic mass is 10.1. The average Bonchev–Trinajstić information content (AvgIpc) is 2.78. The minimum atomic E-state index is -0.253. The van der Waals surface area contributed by atoms with E-state index in [1.54, 1.807) is 6.07 Å². The van der Waals surface area contributed by atoms with Gasteiger partial charge in [-0.3, -0.25) is 0 Å². The van der Waals surface area contributed by atoms with E-state index in [-0.39, 0.29) is 5.82 Å². The molecule has 1 N–H and O–H groups in total. The van der Waals surface area contributed by atoms with E-state index in [2.05, 4.69) is 0 Å². The van der Waals surface area contributed by atoms with E-state index in [9.17, 15) is 4.39 Å². The van der Waals surface area contributed by atoms with Crippen LogP contribution in [0.1, 0.15) is 23.1 Å². The number of ether oxygens (including phenoxy) is 1. The lowest BCUT2D eigenvalue weighted by Crippen LogP contribution is -1.98. The van der Waals surface area contributed by atoms with Gasteiger partial charge in [-0.25, -0.2) is 4.39 Å². The highest BCUT2D eigenvalue weighted by Gasteiger charge is 2.16. The summed E-state index contributed by atoms with van der Waals surface area (Å²) < 4.78 is 18.7. The molecule has 2 nitrogen and oxygen atoms in total. The maximum absolute atomic E-state index is 13.0. The fraction of sp³-hybridized carbons (Fsp3) is 0.188. The summed E-state index contributed by atoms with van der Waals surface area (Å²) in [6.07, 6.45) is 1.75. The molecule has 2 aromatic carbocycles. The molecular formula is C16H14FNO. The molecule has 3 heteroatoms. The summed E-state index contributed by atoms with van der Waals surface area (Å²) in [7, 11) is 0. The Kier molecular flexibility index (Phi) is 3.03. The zero-order valence-electron chi connectivity index (χ0n) is 10.4.